The summed E-state index contributed by atoms with van der Waals surface area (Å²) in [5, 5.41) is 24.7. The number of nitrogens with zero attached hydrogens (tertiary/aromatic N) is 2. The van der Waals surface area contributed by atoms with Crippen molar-refractivity contribution in [2.75, 3.05) is 5.43 Å². The Bertz CT molecular complexity index is 717. The molecule has 0 aromatic heterocycles. The van der Waals surface area contributed by atoms with E-state index in [0.29, 0.717) is 0 Å². The van der Waals surface area contributed by atoms with Crippen LogP contribution < -0.4 is 5.43 Å². The molecule has 0 saturated carbocycles. The van der Waals surface area contributed by atoms with E-state index < -0.39 is 4.92 Å². The summed E-state index contributed by atoms with van der Waals surface area (Å²) in [6, 6.07) is 10.1. The first-order valence-electron chi connectivity index (χ1n) is 6.00. The smallest absolute Gasteiger partial charge is 0.271 e. The topological polar surface area (TPSA) is 87.8 Å². The highest BCUT2D eigenvalue weighted by Gasteiger charge is 2.13. The monoisotopic (exact) mass is 349 g/mol. The van der Waals surface area contributed by atoms with Crippen LogP contribution in [-0.2, 0) is 0 Å². The lowest BCUT2D eigenvalue weighted by molar-refractivity contribution is -0.385. The fourth-order valence-corrected chi connectivity index (χ4v) is 2.14. The average Bonchev–Trinajstić information content (AvgIpc) is 2.45. The molecule has 21 heavy (non-hydrogen) atoms. The summed E-state index contributed by atoms with van der Waals surface area (Å²) >= 11 is 3.08. The minimum Gasteiger partial charge on any atom is -0.506 e. The minimum absolute atomic E-state index is 0.101. The van der Waals surface area contributed by atoms with Gasteiger partial charge in [0.1, 0.15) is 5.75 Å². The van der Waals surface area contributed by atoms with Crippen molar-refractivity contribution in [1.29, 1.82) is 0 Å². The number of hydrogen-bond donors (Lipinski definition) is 2. The summed E-state index contributed by atoms with van der Waals surface area (Å²) in [4.78, 5) is 10.3. The molecular weight excluding hydrogens is 338 g/mol. The molecule has 7 heteroatoms. The molecule has 2 aromatic carbocycles. The summed E-state index contributed by atoms with van der Waals surface area (Å²) < 4.78 is 0.244. The Morgan fingerprint density at radius 2 is 2.10 bits per heavy atom. The molecule has 2 rings (SSSR count). The highest BCUT2D eigenvalue weighted by atomic mass is 79.9. The van der Waals surface area contributed by atoms with Gasteiger partial charge in [0.15, 0.2) is 0 Å². The SMILES string of the molecule is Cc1ccccc1N/N=C/c1cc([N+](=O)[O-])cc(Br)c1O. The van der Waals surface area contributed by atoms with Crippen LogP contribution in [0.25, 0.3) is 0 Å². The molecule has 0 atom stereocenters. The zero-order chi connectivity index (χ0) is 15.4. The lowest BCUT2D eigenvalue weighted by atomic mass is 10.2. The van der Waals surface area contributed by atoms with E-state index in [1.165, 1.54) is 18.3 Å². The summed E-state index contributed by atoms with van der Waals surface area (Å²) in [6.45, 7) is 1.93. The zero-order valence-corrected chi connectivity index (χ0v) is 12.7. The van der Waals surface area contributed by atoms with Gasteiger partial charge in [0.2, 0.25) is 0 Å². The number of aromatic hydroxyl groups is 1. The molecule has 0 aliphatic heterocycles. The Kier molecular flexibility index (Phi) is 4.54. The average molecular weight is 350 g/mol. The first-order valence-corrected chi connectivity index (χ1v) is 6.80. The van der Waals surface area contributed by atoms with E-state index >= 15 is 0 Å². The molecular formula is C14H12BrN3O3. The first-order chi connectivity index (χ1) is 9.99. The summed E-state index contributed by atoms with van der Waals surface area (Å²) in [5.74, 6) is -0.101. The molecule has 108 valence electrons. The lowest BCUT2D eigenvalue weighted by Gasteiger charge is -2.04. The molecule has 0 aliphatic rings. The third-order valence-corrected chi connectivity index (χ3v) is 3.43. The van der Waals surface area contributed by atoms with E-state index in [-0.39, 0.29) is 21.5 Å². The fourth-order valence-electron chi connectivity index (χ4n) is 1.68. The van der Waals surface area contributed by atoms with Crippen molar-refractivity contribution in [3.63, 3.8) is 0 Å². The van der Waals surface area contributed by atoms with Crippen LogP contribution in [0, 0.1) is 17.0 Å². The molecule has 0 fully saturated rings. The van der Waals surface area contributed by atoms with Crippen LogP contribution in [-0.4, -0.2) is 16.2 Å². The first kappa shape index (κ1) is 15.0. The van der Waals surface area contributed by atoms with Gasteiger partial charge < -0.3 is 5.11 Å². The number of non-ortho nitro benzene ring substituents is 1. The van der Waals surface area contributed by atoms with Crippen molar-refractivity contribution >= 4 is 33.5 Å². The van der Waals surface area contributed by atoms with Crippen molar-refractivity contribution in [3.05, 3.63) is 62.1 Å². The highest BCUT2D eigenvalue weighted by Crippen LogP contribution is 2.31. The summed E-state index contributed by atoms with van der Waals surface area (Å²) in [6.07, 6.45) is 1.33. The van der Waals surface area contributed by atoms with E-state index in [2.05, 4.69) is 26.5 Å². The predicted molar refractivity (Wildman–Crippen MR) is 84.9 cm³/mol. The largest absolute Gasteiger partial charge is 0.506 e. The number of phenolic OH excluding ortho intramolecular Hbond substituents is 1. The number of para-hydroxylation sites is 1. The number of rotatable bonds is 4. The Balaban J connectivity index is 2.25. The van der Waals surface area contributed by atoms with Gasteiger partial charge in [0.05, 0.1) is 21.3 Å². The summed E-state index contributed by atoms with van der Waals surface area (Å²) in [5.41, 5.74) is 4.78. The van der Waals surface area contributed by atoms with Gasteiger partial charge in [0, 0.05) is 17.7 Å². The van der Waals surface area contributed by atoms with Crippen molar-refractivity contribution < 1.29 is 10.0 Å². The molecule has 0 unspecified atom stereocenters. The van der Waals surface area contributed by atoms with Crippen molar-refractivity contribution in [1.82, 2.24) is 0 Å². The zero-order valence-electron chi connectivity index (χ0n) is 11.1. The molecule has 0 aliphatic carbocycles. The van der Waals surface area contributed by atoms with E-state index in [1.54, 1.807) is 0 Å². The van der Waals surface area contributed by atoms with Gasteiger partial charge >= 0.3 is 0 Å². The number of anilines is 1. The maximum Gasteiger partial charge on any atom is 0.271 e. The number of nitro benzene ring substituents is 1. The van der Waals surface area contributed by atoms with Crippen LogP contribution >= 0.6 is 15.9 Å². The molecule has 0 radical (unpaired) electrons. The van der Waals surface area contributed by atoms with Gasteiger partial charge in [-0.25, -0.2) is 0 Å². The third kappa shape index (κ3) is 3.57. The van der Waals surface area contributed by atoms with Gasteiger partial charge in [-0.2, -0.15) is 5.10 Å². The highest BCUT2D eigenvalue weighted by molar-refractivity contribution is 9.10. The number of phenols is 1. The second-order valence-electron chi connectivity index (χ2n) is 4.31. The third-order valence-electron chi connectivity index (χ3n) is 2.82. The van der Waals surface area contributed by atoms with E-state index in [4.69, 9.17) is 0 Å². The van der Waals surface area contributed by atoms with Crippen LogP contribution in [0.15, 0.2) is 46.0 Å². The standard InChI is InChI=1S/C14H12BrN3O3/c1-9-4-2-3-5-13(9)17-16-8-10-6-11(18(20)21)7-12(15)14(10)19/h2-8,17,19H,1H3/b16-8+. The van der Waals surface area contributed by atoms with Crippen molar-refractivity contribution in [2.24, 2.45) is 5.10 Å². The van der Waals surface area contributed by atoms with Crippen LogP contribution in [0.2, 0.25) is 0 Å². The number of nitro groups is 1. The Morgan fingerprint density at radius 1 is 1.38 bits per heavy atom. The molecule has 0 saturated heterocycles. The minimum atomic E-state index is -0.531. The van der Waals surface area contributed by atoms with Gasteiger partial charge in [-0.1, -0.05) is 18.2 Å². The summed E-state index contributed by atoms with van der Waals surface area (Å²) in [7, 11) is 0. The van der Waals surface area contributed by atoms with Crippen LogP contribution in [0.5, 0.6) is 5.75 Å². The maximum absolute atomic E-state index is 10.8. The molecule has 0 amide bonds. The Morgan fingerprint density at radius 3 is 2.76 bits per heavy atom. The van der Waals surface area contributed by atoms with E-state index in [0.717, 1.165) is 11.3 Å². The maximum atomic E-state index is 10.8. The molecule has 2 N–H and O–H groups in total. The van der Waals surface area contributed by atoms with Gasteiger partial charge in [-0.3, -0.25) is 15.5 Å². The van der Waals surface area contributed by atoms with E-state index in [9.17, 15) is 15.2 Å². The predicted octanol–water partition coefficient (Wildman–Crippen LogP) is 3.82. The number of hydrazone groups is 1. The lowest BCUT2D eigenvalue weighted by Crippen LogP contribution is -1.95. The van der Waals surface area contributed by atoms with E-state index in [1.807, 2.05) is 31.2 Å². The molecule has 0 heterocycles. The molecule has 0 bridgehead atoms. The molecule has 6 nitrogen and oxygen atoms in total. The second kappa shape index (κ2) is 6.36. The van der Waals surface area contributed by atoms with Gasteiger partial charge in [-0.05, 0) is 34.5 Å². The van der Waals surface area contributed by atoms with Crippen molar-refractivity contribution in [2.45, 2.75) is 6.92 Å². The van der Waals surface area contributed by atoms with Gasteiger partial charge in [-0.15, -0.1) is 0 Å². The number of halogens is 1. The van der Waals surface area contributed by atoms with Crippen LogP contribution in [0.3, 0.4) is 0 Å². The fraction of sp³-hybridized carbons (Fsp3) is 0.0714. The number of hydrogen-bond acceptors (Lipinski definition) is 5. The van der Waals surface area contributed by atoms with Crippen LogP contribution in [0.1, 0.15) is 11.1 Å². The second-order valence-corrected chi connectivity index (χ2v) is 5.16. The number of nitrogens with one attached hydrogen (secondary N) is 1. The van der Waals surface area contributed by atoms with Crippen molar-refractivity contribution in [3.8, 4) is 5.75 Å². The molecule has 2 aromatic rings. The number of benzene rings is 2. The Labute approximate surface area is 129 Å². The quantitative estimate of drug-likeness (QED) is 0.499. The Hall–Kier alpha value is -2.41. The number of aryl methyl sites for hydroxylation is 1. The van der Waals surface area contributed by atoms with Gasteiger partial charge in [0.25, 0.3) is 5.69 Å². The molecule has 0 spiro atoms. The van der Waals surface area contributed by atoms with Crippen LogP contribution in [0.4, 0.5) is 11.4 Å². The normalized spacial score (nSPS) is 10.8.